The van der Waals surface area contributed by atoms with Gasteiger partial charge in [-0.3, -0.25) is 9.69 Å². The van der Waals surface area contributed by atoms with Crippen LogP contribution in [0.3, 0.4) is 0 Å². The van der Waals surface area contributed by atoms with E-state index in [1.807, 2.05) is 23.1 Å². The average Bonchev–Trinajstić information content (AvgIpc) is 3.46. The summed E-state index contributed by atoms with van der Waals surface area (Å²) in [7, 11) is 0. The maximum Gasteiger partial charge on any atom is 0.283 e. The molecule has 150 valence electrons. The van der Waals surface area contributed by atoms with Crippen LogP contribution in [0.25, 0.3) is 11.7 Å². The number of para-hydroxylation sites is 1. The largest absolute Gasteiger partial charge is 0.459 e. The minimum Gasteiger partial charge on any atom is -0.459 e. The molecule has 2 aromatic heterocycles. The number of amides is 1. The number of piperidine rings is 1. The summed E-state index contributed by atoms with van der Waals surface area (Å²) < 4.78 is 11.1. The number of aryl methyl sites for hydroxylation is 1. The predicted octanol–water partition coefficient (Wildman–Crippen LogP) is 3.49. The van der Waals surface area contributed by atoms with E-state index >= 15 is 0 Å². The third-order valence-corrected chi connectivity index (χ3v) is 5.88. The van der Waals surface area contributed by atoms with Crippen molar-refractivity contribution in [2.75, 3.05) is 31.1 Å². The Kier molecular flexibility index (Phi) is 4.89. The molecule has 7 nitrogen and oxygen atoms in total. The molecule has 1 fully saturated rings. The van der Waals surface area contributed by atoms with E-state index in [9.17, 15) is 4.79 Å². The van der Waals surface area contributed by atoms with E-state index in [2.05, 4.69) is 27.2 Å². The van der Waals surface area contributed by atoms with Gasteiger partial charge in [-0.2, -0.15) is 0 Å². The van der Waals surface area contributed by atoms with Crippen molar-refractivity contribution in [1.29, 1.82) is 0 Å². The second-order valence-corrected chi connectivity index (χ2v) is 7.75. The lowest BCUT2D eigenvalue weighted by Gasteiger charge is -2.34. The highest BCUT2D eigenvalue weighted by atomic mass is 16.4. The molecule has 1 saturated heterocycles. The lowest BCUT2D eigenvalue weighted by Crippen LogP contribution is -2.45. The summed E-state index contributed by atoms with van der Waals surface area (Å²) in [6.07, 6.45) is 5.48. The molecule has 2 aliphatic rings. The topological polar surface area (TPSA) is 75.6 Å². The number of carbonyl (C=O) groups is 1. The van der Waals surface area contributed by atoms with Crippen molar-refractivity contribution in [3.05, 3.63) is 54.1 Å². The highest BCUT2D eigenvalue weighted by Gasteiger charge is 2.29. The zero-order valence-electron chi connectivity index (χ0n) is 16.3. The minimum absolute atomic E-state index is 0.188. The fourth-order valence-electron chi connectivity index (χ4n) is 4.31. The second kappa shape index (κ2) is 7.83. The summed E-state index contributed by atoms with van der Waals surface area (Å²) in [5, 5.41) is 8.31. The van der Waals surface area contributed by atoms with Crippen molar-refractivity contribution in [3.8, 4) is 11.7 Å². The van der Waals surface area contributed by atoms with Crippen LogP contribution in [0.2, 0.25) is 0 Å². The Bertz CT molecular complexity index is 974. The molecular weight excluding hydrogens is 368 g/mol. The van der Waals surface area contributed by atoms with Crippen LogP contribution in [0.5, 0.6) is 0 Å². The van der Waals surface area contributed by atoms with E-state index < -0.39 is 0 Å². The first-order valence-electron chi connectivity index (χ1n) is 10.3. The molecule has 7 heteroatoms. The SMILES string of the molecule is O=C(CN1CCC(c2nnc(-c3ccco3)o2)CC1)N1CCCc2ccccc21. The molecule has 0 unspecified atom stereocenters. The molecule has 4 heterocycles. The van der Waals surface area contributed by atoms with E-state index in [0.29, 0.717) is 24.1 Å². The summed E-state index contributed by atoms with van der Waals surface area (Å²) in [5.74, 6) is 2.09. The van der Waals surface area contributed by atoms with Crippen LogP contribution in [0, 0.1) is 0 Å². The number of anilines is 1. The van der Waals surface area contributed by atoms with Crippen molar-refractivity contribution < 1.29 is 13.6 Å². The molecule has 2 aliphatic heterocycles. The van der Waals surface area contributed by atoms with Crippen molar-refractivity contribution in [3.63, 3.8) is 0 Å². The van der Waals surface area contributed by atoms with Gasteiger partial charge in [0.05, 0.1) is 12.8 Å². The van der Waals surface area contributed by atoms with E-state index in [0.717, 1.165) is 51.0 Å². The molecule has 5 rings (SSSR count). The van der Waals surface area contributed by atoms with Crippen molar-refractivity contribution >= 4 is 11.6 Å². The highest BCUT2D eigenvalue weighted by molar-refractivity contribution is 5.95. The fourth-order valence-corrected chi connectivity index (χ4v) is 4.31. The first kappa shape index (κ1) is 18.1. The van der Waals surface area contributed by atoms with Gasteiger partial charge in [0.1, 0.15) is 0 Å². The molecule has 0 N–H and O–H groups in total. The maximum absolute atomic E-state index is 12.9. The molecule has 3 aromatic rings. The van der Waals surface area contributed by atoms with Gasteiger partial charge in [0.25, 0.3) is 5.89 Å². The summed E-state index contributed by atoms with van der Waals surface area (Å²) >= 11 is 0. The molecule has 0 atom stereocenters. The van der Waals surface area contributed by atoms with Gasteiger partial charge in [-0.05, 0) is 62.5 Å². The number of fused-ring (bicyclic) bond motifs is 1. The number of nitrogens with zero attached hydrogens (tertiary/aromatic N) is 4. The third kappa shape index (κ3) is 3.70. The van der Waals surface area contributed by atoms with Gasteiger partial charge in [-0.15, -0.1) is 10.2 Å². The molecular formula is C22H24N4O3. The van der Waals surface area contributed by atoms with Gasteiger partial charge in [0.2, 0.25) is 11.8 Å². The molecule has 0 spiro atoms. The highest BCUT2D eigenvalue weighted by Crippen LogP contribution is 2.30. The quantitative estimate of drug-likeness (QED) is 0.677. The number of rotatable bonds is 4. The van der Waals surface area contributed by atoms with Crippen LogP contribution in [0.15, 0.2) is 51.5 Å². The first-order valence-corrected chi connectivity index (χ1v) is 10.3. The number of aromatic nitrogens is 2. The van der Waals surface area contributed by atoms with Crippen LogP contribution >= 0.6 is 0 Å². The van der Waals surface area contributed by atoms with Crippen LogP contribution < -0.4 is 4.90 Å². The third-order valence-electron chi connectivity index (χ3n) is 5.88. The number of furan rings is 1. The Morgan fingerprint density at radius 1 is 1.07 bits per heavy atom. The van der Waals surface area contributed by atoms with Gasteiger partial charge in [-0.1, -0.05) is 18.2 Å². The molecule has 1 amide bonds. The van der Waals surface area contributed by atoms with Gasteiger partial charge in [0, 0.05) is 18.2 Å². The van der Waals surface area contributed by atoms with Crippen molar-refractivity contribution in [1.82, 2.24) is 15.1 Å². The first-order chi connectivity index (χ1) is 14.3. The van der Waals surface area contributed by atoms with Crippen molar-refractivity contribution in [2.45, 2.75) is 31.6 Å². The van der Waals surface area contributed by atoms with Gasteiger partial charge >= 0.3 is 0 Å². The smallest absolute Gasteiger partial charge is 0.283 e. The Morgan fingerprint density at radius 2 is 1.93 bits per heavy atom. The van der Waals surface area contributed by atoms with Crippen molar-refractivity contribution in [2.24, 2.45) is 0 Å². The normalized spacial score (nSPS) is 18.0. The predicted molar refractivity (Wildman–Crippen MR) is 108 cm³/mol. The van der Waals surface area contributed by atoms with E-state index in [1.54, 1.807) is 12.3 Å². The number of likely N-dealkylation sites (tertiary alicyclic amines) is 1. The van der Waals surface area contributed by atoms with E-state index in [-0.39, 0.29) is 11.8 Å². The van der Waals surface area contributed by atoms with Crippen LogP contribution in [-0.2, 0) is 11.2 Å². The number of carbonyl (C=O) groups excluding carboxylic acids is 1. The molecule has 0 aliphatic carbocycles. The van der Waals surface area contributed by atoms with Crippen LogP contribution in [-0.4, -0.2) is 47.2 Å². The van der Waals surface area contributed by atoms with Gasteiger partial charge < -0.3 is 13.7 Å². The Hall–Kier alpha value is -2.93. The van der Waals surface area contributed by atoms with Gasteiger partial charge in [0.15, 0.2) is 5.76 Å². The molecule has 0 saturated carbocycles. The molecule has 0 radical (unpaired) electrons. The summed E-state index contributed by atoms with van der Waals surface area (Å²) in [4.78, 5) is 17.1. The average molecular weight is 392 g/mol. The molecule has 0 bridgehead atoms. The Labute approximate surface area is 169 Å². The summed E-state index contributed by atoms with van der Waals surface area (Å²) in [6, 6.07) is 11.9. The standard InChI is InChI=1S/C22H24N4O3/c27-20(26-11-3-6-16-5-1-2-7-18(16)26)15-25-12-9-17(10-13-25)21-23-24-22(29-21)19-8-4-14-28-19/h1-2,4-5,7-8,14,17H,3,6,9-13,15H2. The van der Waals surface area contributed by atoms with E-state index in [1.165, 1.54) is 5.56 Å². The second-order valence-electron chi connectivity index (χ2n) is 7.75. The monoisotopic (exact) mass is 392 g/mol. The molecule has 29 heavy (non-hydrogen) atoms. The fraction of sp³-hybridized carbons (Fsp3) is 0.409. The zero-order valence-corrected chi connectivity index (χ0v) is 16.3. The number of benzene rings is 1. The molecule has 1 aromatic carbocycles. The van der Waals surface area contributed by atoms with E-state index in [4.69, 9.17) is 8.83 Å². The Balaban J connectivity index is 1.18. The summed E-state index contributed by atoms with van der Waals surface area (Å²) in [5.41, 5.74) is 2.35. The zero-order chi connectivity index (χ0) is 19.6. The number of hydrogen-bond donors (Lipinski definition) is 0. The lowest BCUT2D eigenvalue weighted by atomic mass is 9.96. The number of hydrogen-bond acceptors (Lipinski definition) is 6. The van der Waals surface area contributed by atoms with Crippen LogP contribution in [0.4, 0.5) is 5.69 Å². The lowest BCUT2D eigenvalue weighted by molar-refractivity contribution is -0.120. The maximum atomic E-state index is 12.9. The Morgan fingerprint density at radius 3 is 2.76 bits per heavy atom. The van der Waals surface area contributed by atoms with Gasteiger partial charge in [-0.25, -0.2) is 0 Å². The summed E-state index contributed by atoms with van der Waals surface area (Å²) in [6.45, 7) is 2.97. The minimum atomic E-state index is 0.188. The van der Waals surface area contributed by atoms with Crippen LogP contribution in [0.1, 0.15) is 36.6 Å².